The number of para-hydroxylation sites is 1. The average molecular weight is 356 g/mol. The predicted octanol–water partition coefficient (Wildman–Crippen LogP) is 1.85. The van der Waals surface area contributed by atoms with Gasteiger partial charge in [-0.05, 0) is 13.0 Å². The van der Waals surface area contributed by atoms with Gasteiger partial charge in [-0.2, -0.15) is 0 Å². The van der Waals surface area contributed by atoms with Gasteiger partial charge in [0.05, 0.1) is 6.04 Å². The van der Waals surface area contributed by atoms with Crippen LogP contribution in [-0.2, 0) is 18.4 Å². The number of carbonyl (C=O) groups is 1. The van der Waals surface area contributed by atoms with Crippen molar-refractivity contribution in [3.8, 4) is 11.5 Å². The van der Waals surface area contributed by atoms with E-state index in [4.69, 9.17) is 9.47 Å². The number of hydrogen-bond acceptors (Lipinski definition) is 5. The number of aromatic nitrogens is 2. The summed E-state index contributed by atoms with van der Waals surface area (Å²) >= 11 is 0. The lowest BCUT2D eigenvalue weighted by atomic mass is 9.99. The van der Waals surface area contributed by atoms with E-state index in [1.54, 1.807) is 6.20 Å². The quantitative estimate of drug-likeness (QED) is 0.855. The monoisotopic (exact) mass is 356 g/mol. The first-order valence-corrected chi connectivity index (χ1v) is 9.04. The van der Waals surface area contributed by atoms with Crippen molar-refractivity contribution in [2.45, 2.75) is 25.9 Å². The van der Waals surface area contributed by atoms with Crippen LogP contribution in [0.15, 0.2) is 30.6 Å². The molecule has 3 heterocycles. The number of likely N-dealkylation sites (tertiary alicyclic amines) is 1. The Balaban J connectivity index is 1.46. The van der Waals surface area contributed by atoms with E-state index in [0.29, 0.717) is 19.5 Å². The third-order valence-electron chi connectivity index (χ3n) is 5.20. The molecule has 2 aliphatic rings. The molecule has 2 aliphatic heterocycles. The molecule has 2 aromatic rings. The van der Waals surface area contributed by atoms with Crippen LogP contribution in [0.25, 0.3) is 0 Å². The van der Waals surface area contributed by atoms with Crippen molar-refractivity contribution in [3.05, 3.63) is 42.0 Å². The number of rotatable bonds is 6. The minimum absolute atomic E-state index is 0.0149. The fourth-order valence-electron chi connectivity index (χ4n) is 3.95. The van der Waals surface area contributed by atoms with Gasteiger partial charge in [-0.15, -0.1) is 0 Å². The zero-order valence-corrected chi connectivity index (χ0v) is 15.1. The van der Waals surface area contributed by atoms with Crippen molar-refractivity contribution in [2.24, 2.45) is 13.0 Å². The van der Waals surface area contributed by atoms with Gasteiger partial charge in [0.1, 0.15) is 5.82 Å². The Labute approximate surface area is 152 Å². The summed E-state index contributed by atoms with van der Waals surface area (Å²) in [6.07, 6.45) is 4.27. The van der Waals surface area contributed by atoms with E-state index in [1.807, 2.05) is 47.8 Å². The molecule has 7 heteroatoms. The predicted molar refractivity (Wildman–Crippen MR) is 95.7 cm³/mol. The summed E-state index contributed by atoms with van der Waals surface area (Å²) in [6, 6.07) is 5.94. The third kappa shape index (κ3) is 2.92. The van der Waals surface area contributed by atoms with Crippen LogP contribution in [0.2, 0.25) is 0 Å². The molecule has 1 N–H and O–H groups in total. The van der Waals surface area contributed by atoms with E-state index >= 15 is 0 Å². The zero-order valence-electron chi connectivity index (χ0n) is 15.1. The molecule has 1 amide bonds. The van der Waals surface area contributed by atoms with E-state index in [2.05, 4.69) is 10.3 Å². The summed E-state index contributed by atoms with van der Waals surface area (Å²) in [5.41, 5.74) is 1.07. The molecule has 0 spiro atoms. The summed E-state index contributed by atoms with van der Waals surface area (Å²) in [5, 5.41) is 3.50. The molecule has 26 heavy (non-hydrogen) atoms. The SMILES string of the molecule is CCN1C(=O)C[C@@H](CNCc2cccc3c2OCO3)[C@@H]1c1nccn1C. The van der Waals surface area contributed by atoms with E-state index in [9.17, 15) is 4.79 Å². The highest BCUT2D eigenvalue weighted by molar-refractivity contribution is 5.79. The van der Waals surface area contributed by atoms with Crippen molar-refractivity contribution in [1.82, 2.24) is 19.8 Å². The molecule has 1 aromatic heterocycles. The summed E-state index contributed by atoms with van der Waals surface area (Å²) in [4.78, 5) is 18.9. The molecular weight excluding hydrogens is 332 g/mol. The topological polar surface area (TPSA) is 68.6 Å². The van der Waals surface area contributed by atoms with Crippen molar-refractivity contribution >= 4 is 5.91 Å². The van der Waals surface area contributed by atoms with Gasteiger partial charge in [-0.25, -0.2) is 4.98 Å². The smallest absolute Gasteiger partial charge is 0.231 e. The van der Waals surface area contributed by atoms with Crippen molar-refractivity contribution in [1.29, 1.82) is 0 Å². The lowest BCUT2D eigenvalue weighted by Gasteiger charge is -2.27. The normalized spacial score (nSPS) is 21.6. The minimum Gasteiger partial charge on any atom is -0.454 e. The average Bonchev–Trinajstić information content (AvgIpc) is 3.33. The highest BCUT2D eigenvalue weighted by Gasteiger charge is 2.41. The van der Waals surface area contributed by atoms with Crippen LogP contribution in [0.5, 0.6) is 11.5 Å². The molecule has 0 unspecified atom stereocenters. The Bertz CT molecular complexity index is 804. The second-order valence-corrected chi connectivity index (χ2v) is 6.77. The molecule has 2 atom stereocenters. The van der Waals surface area contributed by atoms with Gasteiger partial charge in [-0.1, -0.05) is 12.1 Å². The number of nitrogens with one attached hydrogen (secondary N) is 1. The first-order chi connectivity index (χ1) is 12.7. The Kier molecular flexibility index (Phi) is 4.55. The summed E-state index contributed by atoms with van der Waals surface area (Å²) < 4.78 is 13.0. The number of aryl methyl sites for hydroxylation is 1. The molecule has 1 fully saturated rings. The lowest BCUT2D eigenvalue weighted by Crippen LogP contribution is -2.33. The van der Waals surface area contributed by atoms with E-state index < -0.39 is 0 Å². The Morgan fingerprint density at radius 1 is 1.35 bits per heavy atom. The molecule has 0 bridgehead atoms. The van der Waals surface area contributed by atoms with Gasteiger partial charge in [-0.3, -0.25) is 4.79 Å². The molecule has 4 rings (SSSR count). The van der Waals surface area contributed by atoms with Crippen molar-refractivity contribution in [2.75, 3.05) is 19.9 Å². The van der Waals surface area contributed by atoms with Gasteiger partial charge in [0, 0.05) is 57.0 Å². The Hall–Kier alpha value is -2.54. The zero-order chi connectivity index (χ0) is 18.1. The maximum Gasteiger partial charge on any atom is 0.231 e. The maximum atomic E-state index is 12.4. The van der Waals surface area contributed by atoms with Gasteiger partial charge in [0.15, 0.2) is 11.5 Å². The highest BCUT2D eigenvalue weighted by atomic mass is 16.7. The van der Waals surface area contributed by atoms with Crippen LogP contribution < -0.4 is 14.8 Å². The Morgan fingerprint density at radius 2 is 2.23 bits per heavy atom. The van der Waals surface area contributed by atoms with Crippen LogP contribution >= 0.6 is 0 Å². The number of imidazole rings is 1. The van der Waals surface area contributed by atoms with Crippen LogP contribution in [0.1, 0.15) is 30.8 Å². The van der Waals surface area contributed by atoms with Gasteiger partial charge >= 0.3 is 0 Å². The Morgan fingerprint density at radius 3 is 3.00 bits per heavy atom. The summed E-state index contributed by atoms with van der Waals surface area (Å²) in [6.45, 7) is 4.41. The summed E-state index contributed by atoms with van der Waals surface area (Å²) in [5.74, 6) is 2.95. The number of benzene rings is 1. The molecule has 138 valence electrons. The molecule has 1 saturated heterocycles. The van der Waals surface area contributed by atoms with Crippen LogP contribution in [-0.4, -0.2) is 40.2 Å². The highest BCUT2D eigenvalue weighted by Crippen LogP contribution is 2.37. The largest absolute Gasteiger partial charge is 0.454 e. The van der Waals surface area contributed by atoms with Gasteiger partial charge < -0.3 is 24.3 Å². The van der Waals surface area contributed by atoms with E-state index in [1.165, 1.54) is 0 Å². The number of nitrogens with zero attached hydrogens (tertiary/aromatic N) is 3. The van der Waals surface area contributed by atoms with Gasteiger partial charge in [0.25, 0.3) is 0 Å². The maximum absolute atomic E-state index is 12.4. The summed E-state index contributed by atoms with van der Waals surface area (Å²) in [7, 11) is 1.98. The molecule has 7 nitrogen and oxygen atoms in total. The molecular formula is C19H24N4O3. The number of ether oxygens (including phenoxy) is 2. The fourth-order valence-corrected chi connectivity index (χ4v) is 3.95. The second-order valence-electron chi connectivity index (χ2n) is 6.77. The van der Waals surface area contributed by atoms with E-state index in [-0.39, 0.29) is 24.7 Å². The molecule has 1 aromatic carbocycles. The standard InChI is InChI=1S/C19H24N4O3/c1-3-23-16(24)9-14(17(23)19-21-7-8-22(19)2)11-20-10-13-5-4-6-15-18(13)26-12-25-15/h4-8,14,17,20H,3,9-12H2,1-2H3/t14-,17+/m0/s1. The third-order valence-corrected chi connectivity index (χ3v) is 5.20. The van der Waals surface area contributed by atoms with Crippen molar-refractivity contribution in [3.63, 3.8) is 0 Å². The first kappa shape index (κ1) is 16.9. The molecule has 0 radical (unpaired) electrons. The minimum atomic E-state index is 0.0149. The fraction of sp³-hybridized carbons (Fsp3) is 0.474. The molecule has 0 saturated carbocycles. The number of fused-ring (bicyclic) bond motifs is 1. The lowest BCUT2D eigenvalue weighted by molar-refractivity contribution is -0.128. The van der Waals surface area contributed by atoms with Crippen molar-refractivity contribution < 1.29 is 14.3 Å². The molecule has 0 aliphatic carbocycles. The van der Waals surface area contributed by atoms with Crippen LogP contribution in [0, 0.1) is 5.92 Å². The number of amides is 1. The first-order valence-electron chi connectivity index (χ1n) is 9.04. The van der Waals surface area contributed by atoms with Crippen LogP contribution in [0.3, 0.4) is 0 Å². The van der Waals surface area contributed by atoms with Crippen LogP contribution in [0.4, 0.5) is 0 Å². The number of carbonyl (C=O) groups excluding carboxylic acids is 1. The second kappa shape index (κ2) is 6.99. The van der Waals surface area contributed by atoms with E-state index in [0.717, 1.165) is 29.4 Å². The van der Waals surface area contributed by atoms with Gasteiger partial charge in [0.2, 0.25) is 12.7 Å². The number of hydrogen-bond donors (Lipinski definition) is 1.